The minimum absolute atomic E-state index is 0.0896. The van der Waals surface area contributed by atoms with E-state index in [1.54, 1.807) is 0 Å². The van der Waals surface area contributed by atoms with Gasteiger partial charge in [0, 0.05) is 12.3 Å². The summed E-state index contributed by atoms with van der Waals surface area (Å²) in [7, 11) is 0. The first-order chi connectivity index (χ1) is 22.4. The normalized spacial score (nSPS) is 20.0. The highest BCUT2D eigenvalue weighted by Gasteiger charge is 2.34. The van der Waals surface area contributed by atoms with Crippen LogP contribution in [0.4, 0.5) is 0 Å². The standard InChI is InChI=1S/C44H78O3/c1-10-13-17-25-38(46-43(4,5)6)32-29-35(12-3)40(36-23-19-15-20-24-36)27-21-16-22-28-41-37(31-34-42(41)45)30-33-39(26-18-14-11-2)47-44(7,8)9/h15,19-20,23-24,35,37-41H,10-14,16-18,21-22,25-34H2,1-9H3/t35?,37-,38?,39?,40?,41?/m0/s1. The molecule has 1 saturated carbocycles. The molecule has 5 unspecified atom stereocenters. The van der Waals surface area contributed by atoms with E-state index < -0.39 is 0 Å². The number of rotatable bonds is 25. The van der Waals surface area contributed by atoms with Crippen molar-refractivity contribution in [1.29, 1.82) is 0 Å². The molecule has 0 N–H and O–H groups in total. The van der Waals surface area contributed by atoms with Gasteiger partial charge in [0.15, 0.2) is 0 Å². The molecular weight excluding hydrogens is 576 g/mol. The van der Waals surface area contributed by atoms with E-state index >= 15 is 0 Å². The summed E-state index contributed by atoms with van der Waals surface area (Å²) in [5.41, 5.74) is 1.32. The Balaban J connectivity index is 1.93. The van der Waals surface area contributed by atoms with Crippen LogP contribution < -0.4 is 0 Å². The van der Waals surface area contributed by atoms with Gasteiger partial charge in [-0.05, 0) is 123 Å². The first kappa shape index (κ1) is 42.0. The first-order valence-corrected chi connectivity index (χ1v) is 20.3. The molecule has 3 heteroatoms. The molecule has 1 aromatic carbocycles. The van der Waals surface area contributed by atoms with Gasteiger partial charge in [0.2, 0.25) is 0 Å². The van der Waals surface area contributed by atoms with Gasteiger partial charge in [0.1, 0.15) is 5.78 Å². The van der Waals surface area contributed by atoms with Crippen LogP contribution in [0.1, 0.15) is 202 Å². The number of carbonyl (C=O) groups excluding carboxylic acids is 1. The Kier molecular flexibility index (Phi) is 20.1. The number of benzene rings is 1. The lowest BCUT2D eigenvalue weighted by Crippen LogP contribution is -2.28. The molecule has 0 radical (unpaired) electrons. The Bertz CT molecular complexity index is 926. The van der Waals surface area contributed by atoms with E-state index in [4.69, 9.17) is 9.47 Å². The van der Waals surface area contributed by atoms with Gasteiger partial charge in [-0.1, -0.05) is 115 Å². The van der Waals surface area contributed by atoms with Crippen LogP contribution in [-0.2, 0) is 14.3 Å². The topological polar surface area (TPSA) is 35.5 Å². The second-order valence-corrected chi connectivity index (χ2v) is 17.0. The van der Waals surface area contributed by atoms with Gasteiger partial charge in [-0.15, -0.1) is 0 Å². The molecule has 1 aromatic rings. The van der Waals surface area contributed by atoms with Crippen LogP contribution in [0.15, 0.2) is 30.3 Å². The van der Waals surface area contributed by atoms with E-state index in [2.05, 4.69) is 92.6 Å². The lowest BCUT2D eigenvalue weighted by Gasteiger charge is -2.31. The van der Waals surface area contributed by atoms with Crippen LogP contribution in [-0.4, -0.2) is 29.2 Å². The predicted octanol–water partition coefficient (Wildman–Crippen LogP) is 13.4. The van der Waals surface area contributed by atoms with Crippen molar-refractivity contribution in [2.24, 2.45) is 17.8 Å². The van der Waals surface area contributed by atoms with Crippen LogP contribution in [0.5, 0.6) is 0 Å². The summed E-state index contributed by atoms with van der Waals surface area (Å²) in [4.78, 5) is 13.0. The number of unbranched alkanes of at least 4 members (excludes halogenated alkanes) is 6. The maximum Gasteiger partial charge on any atom is 0.136 e. The number of ketones is 1. The van der Waals surface area contributed by atoms with E-state index in [9.17, 15) is 4.79 Å². The molecule has 1 aliphatic carbocycles. The average molecular weight is 655 g/mol. The molecule has 1 aliphatic rings. The van der Waals surface area contributed by atoms with Gasteiger partial charge in [-0.2, -0.15) is 0 Å². The van der Waals surface area contributed by atoms with Gasteiger partial charge >= 0.3 is 0 Å². The first-order valence-electron chi connectivity index (χ1n) is 20.3. The van der Waals surface area contributed by atoms with Crippen LogP contribution in [0.25, 0.3) is 0 Å². The van der Waals surface area contributed by atoms with Gasteiger partial charge in [0.25, 0.3) is 0 Å². The molecule has 0 aromatic heterocycles. The molecule has 1 fully saturated rings. The lowest BCUT2D eigenvalue weighted by molar-refractivity contribution is -0.121. The zero-order valence-electron chi connectivity index (χ0n) is 32.7. The van der Waals surface area contributed by atoms with Crippen molar-refractivity contribution in [3.63, 3.8) is 0 Å². The third-order valence-electron chi connectivity index (χ3n) is 10.6. The van der Waals surface area contributed by atoms with Crippen molar-refractivity contribution in [2.75, 3.05) is 0 Å². The fourth-order valence-electron chi connectivity index (χ4n) is 8.26. The molecule has 0 amide bonds. The van der Waals surface area contributed by atoms with E-state index in [0.717, 1.165) is 44.9 Å². The van der Waals surface area contributed by atoms with Crippen molar-refractivity contribution < 1.29 is 14.3 Å². The molecule has 272 valence electrons. The Morgan fingerprint density at radius 3 is 1.79 bits per heavy atom. The van der Waals surface area contributed by atoms with Gasteiger partial charge in [0.05, 0.1) is 23.4 Å². The number of ether oxygens (including phenoxy) is 2. The number of carbonyl (C=O) groups is 1. The van der Waals surface area contributed by atoms with Gasteiger partial charge in [-0.3, -0.25) is 4.79 Å². The summed E-state index contributed by atoms with van der Waals surface area (Å²) >= 11 is 0. The smallest absolute Gasteiger partial charge is 0.136 e. The van der Waals surface area contributed by atoms with Crippen LogP contribution in [0.2, 0.25) is 0 Å². The quantitative estimate of drug-likeness (QED) is 0.0984. The van der Waals surface area contributed by atoms with Crippen LogP contribution >= 0.6 is 0 Å². The highest BCUT2D eigenvalue weighted by molar-refractivity contribution is 5.83. The largest absolute Gasteiger partial charge is 0.373 e. The molecule has 47 heavy (non-hydrogen) atoms. The van der Waals surface area contributed by atoms with E-state index in [1.807, 2.05) is 0 Å². The summed E-state index contributed by atoms with van der Waals surface area (Å²) in [6.45, 7) is 20.1. The van der Waals surface area contributed by atoms with Crippen molar-refractivity contribution >= 4 is 5.78 Å². The SMILES string of the molecule is CCCCCC(CCC(CC)C(CCCCCC1C(=O)CC[C@@H]1CCC(CCCCC)OC(C)(C)C)c1ccccc1)OC(C)(C)C. The van der Waals surface area contributed by atoms with Crippen LogP contribution in [0, 0.1) is 17.8 Å². The molecule has 0 heterocycles. The molecule has 0 bridgehead atoms. The maximum atomic E-state index is 13.0. The number of Topliss-reactive ketones (excluding diaryl/α,β-unsaturated/α-hetero) is 1. The summed E-state index contributed by atoms with van der Waals surface area (Å²) in [6, 6.07) is 11.3. The number of hydrogen-bond acceptors (Lipinski definition) is 3. The summed E-state index contributed by atoms with van der Waals surface area (Å²) in [6.07, 6.45) is 24.4. The number of hydrogen-bond donors (Lipinski definition) is 0. The Morgan fingerprint density at radius 2 is 1.23 bits per heavy atom. The molecule has 0 spiro atoms. The third kappa shape index (κ3) is 17.9. The zero-order chi connectivity index (χ0) is 34.7. The second-order valence-electron chi connectivity index (χ2n) is 17.0. The fourth-order valence-corrected chi connectivity index (χ4v) is 8.26. The fraction of sp³-hybridized carbons (Fsp3) is 0.841. The van der Waals surface area contributed by atoms with Gasteiger partial charge in [-0.25, -0.2) is 0 Å². The molecule has 6 atom stereocenters. The zero-order valence-corrected chi connectivity index (χ0v) is 32.7. The maximum absolute atomic E-state index is 13.0. The van der Waals surface area contributed by atoms with Crippen molar-refractivity contribution in [3.8, 4) is 0 Å². The molecule has 0 aliphatic heterocycles. The molecule has 0 saturated heterocycles. The molecule has 2 rings (SSSR count). The Hall–Kier alpha value is -1.19. The second kappa shape index (κ2) is 22.5. The van der Waals surface area contributed by atoms with E-state index in [1.165, 1.54) is 89.0 Å². The van der Waals surface area contributed by atoms with E-state index in [0.29, 0.717) is 35.7 Å². The monoisotopic (exact) mass is 655 g/mol. The minimum Gasteiger partial charge on any atom is -0.373 e. The van der Waals surface area contributed by atoms with Gasteiger partial charge < -0.3 is 9.47 Å². The lowest BCUT2D eigenvalue weighted by atomic mass is 9.77. The third-order valence-corrected chi connectivity index (χ3v) is 10.6. The van der Waals surface area contributed by atoms with Crippen molar-refractivity contribution in [1.82, 2.24) is 0 Å². The predicted molar refractivity (Wildman–Crippen MR) is 203 cm³/mol. The molecular formula is C44H78O3. The Labute approximate surface area is 293 Å². The Morgan fingerprint density at radius 1 is 0.660 bits per heavy atom. The highest BCUT2D eigenvalue weighted by atomic mass is 16.5. The van der Waals surface area contributed by atoms with Crippen molar-refractivity contribution in [3.05, 3.63) is 35.9 Å². The average Bonchev–Trinajstić information content (AvgIpc) is 3.36. The highest BCUT2D eigenvalue weighted by Crippen LogP contribution is 2.39. The minimum atomic E-state index is -0.104. The summed E-state index contributed by atoms with van der Waals surface area (Å²) in [5.74, 6) is 2.65. The van der Waals surface area contributed by atoms with E-state index in [-0.39, 0.29) is 17.1 Å². The summed E-state index contributed by atoms with van der Waals surface area (Å²) in [5, 5.41) is 0. The summed E-state index contributed by atoms with van der Waals surface area (Å²) < 4.78 is 13.1. The molecule has 3 nitrogen and oxygen atoms in total. The van der Waals surface area contributed by atoms with Crippen LogP contribution in [0.3, 0.4) is 0 Å². The van der Waals surface area contributed by atoms with Crippen molar-refractivity contribution in [2.45, 2.75) is 220 Å².